The topological polar surface area (TPSA) is 61.6 Å². The van der Waals surface area contributed by atoms with Crippen LogP contribution in [0.1, 0.15) is 32.6 Å². The van der Waals surface area contributed by atoms with Gasteiger partial charge in [-0.3, -0.25) is 4.90 Å². The van der Waals surface area contributed by atoms with Crippen LogP contribution in [0.25, 0.3) is 0 Å². The lowest BCUT2D eigenvalue weighted by molar-refractivity contribution is 0.122. The zero-order chi connectivity index (χ0) is 13.8. The van der Waals surface area contributed by atoms with Crippen molar-refractivity contribution in [2.45, 2.75) is 44.7 Å². The maximum Gasteiger partial charge on any atom is 0.317 e. The van der Waals surface area contributed by atoms with Gasteiger partial charge in [0.25, 0.3) is 0 Å². The van der Waals surface area contributed by atoms with Gasteiger partial charge in [0, 0.05) is 32.2 Å². The summed E-state index contributed by atoms with van der Waals surface area (Å²) in [6.45, 7) is 5.33. The summed E-state index contributed by atoms with van der Waals surface area (Å²) in [4.78, 5) is 16.8. The number of nitrogens with two attached hydrogens (primary N) is 1. The molecule has 1 saturated carbocycles. The number of carbonyl (C=O) groups is 1. The van der Waals surface area contributed by atoms with Gasteiger partial charge in [-0.15, -0.1) is 0 Å². The van der Waals surface area contributed by atoms with E-state index in [4.69, 9.17) is 18.0 Å². The van der Waals surface area contributed by atoms with Crippen LogP contribution in [0.4, 0.5) is 4.79 Å². The lowest BCUT2D eigenvalue weighted by Crippen LogP contribution is -2.57. The molecule has 1 aliphatic heterocycles. The summed E-state index contributed by atoms with van der Waals surface area (Å²) in [5.41, 5.74) is 5.76. The second-order valence-electron chi connectivity index (χ2n) is 5.43. The Bertz CT molecular complexity index is 338. The average Bonchev–Trinajstić information content (AvgIpc) is 2.35. The van der Waals surface area contributed by atoms with Crippen molar-refractivity contribution in [1.82, 2.24) is 15.1 Å². The molecule has 3 N–H and O–H groups in total. The van der Waals surface area contributed by atoms with E-state index < -0.39 is 0 Å². The molecular formula is C13H24N4OS. The molecule has 0 radical (unpaired) electrons. The highest BCUT2D eigenvalue weighted by Crippen LogP contribution is 2.18. The number of carbonyl (C=O) groups excluding carboxylic acids is 1. The minimum absolute atomic E-state index is 0.0905. The normalized spacial score (nSPS) is 22.7. The van der Waals surface area contributed by atoms with E-state index >= 15 is 0 Å². The first-order chi connectivity index (χ1) is 9.11. The van der Waals surface area contributed by atoms with E-state index in [1.807, 2.05) is 4.90 Å². The molecule has 1 atom stereocenters. The zero-order valence-corrected chi connectivity index (χ0v) is 12.4. The van der Waals surface area contributed by atoms with Crippen LogP contribution >= 0.6 is 12.2 Å². The van der Waals surface area contributed by atoms with Gasteiger partial charge < -0.3 is 16.0 Å². The molecule has 6 heteroatoms. The van der Waals surface area contributed by atoms with E-state index in [9.17, 15) is 4.79 Å². The Labute approximate surface area is 120 Å². The van der Waals surface area contributed by atoms with Crippen LogP contribution in [0.2, 0.25) is 0 Å². The second kappa shape index (κ2) is 6.52. The van der Waals surface area contributed by atoms with Crippen molar-refractivity contribution in [2.75, 3.05) is 26.2 Å². The van der Waals surface area contributed by atoms with Crippen molar-refractivity contribution in [3.8, 4) is 0 Å². The summed E-state index contributed by atoms with van der Waals surface area (Å²) in [5.74, 6) is 0. The van der Waals surface area contributed by atoms with Crippen LogP contribution in [0.15, 0.2) is 0 Å². The molecule has 0 aromatic heterocycles. The Morgan fingerprint density at radius 2 is 2.00 bits per heavy atom. The molecule has 0 bridgehead atoms. The van der Waals surface area contributed by atoms with Crippen LogP contribution in [0, 0.1) is 0 Å². The van der Waals surface area contributed by atoms with Crippen LogP contribution < -0.4 is 11.1 Å². The largest absolute Gasteiger partial charge is 0.392 e. The molecule has 2 aliphatic rings. The van der Waals surface area contributed by atoms with Crippen molar-refractivity contribution < 1.29 is 4.79 Å². The summed E-state index contributed by atoms with van der Waals surface area (Å²) < 4.78 is 0. The predicted octanol–water partition coefficient (Wildman–Crippen LogP) is 0.931. The van der Waals surface area contributed by atoms with E-state index in [1.54, 1.807) is 0 Å². The van der Waals surface area contributed by atoms with Crippen LogP contribution in [-0.2, 0) is 0 Å². The van der Waals surface area contributed by atoms with Gasteiger partial charge in [0.05, 0.1) is 11.0 Å². The Morgan fingerprint density at radius 3 is 2.42 bits per heavy atom. The highest BCUT2D eigenvalue weighted by molar-refractivity contribution is 7.80. The highest BCUT2D eigenvalue weighted by Gasteiger charge is 2.28. The molecule has 2 amide bonds. The fraction of sp³-hybridized carbons (Fsp3) is 0.846. The average molecular weight is 284 g/mol. The van der Waals surface area contributed by atoms with Gasteiger partial charge in [-0.2, -0.15) is 0 Å². The Hall–Kier alpha value is -0.880. The molecule has 1 saturated heterocycles. The predicted molar refractivity (Wildman–Crippen MR) is 80.2 cm³/mol. The molecule has 1 aliphatic carbocycles. The smallest absolute Gasteiger partial charge is 0.317 e. The lowest BCUT2D eigenvalue weighted by Gasteiger charge is -2.39. The number of thiocarbonyl (C=S) groups is 1. The van der Waals surface area contributed by atoms with Crippen LogP contribution in [0.3, 0.4) is 0 Å². The van der Waals surface area contributed by atoms with Gasteiger partial charge in [0.15, 0.2) is 0 Å². The molecule has 1 unspecified atom stereocenters. The van der Waals surface area contributed by atoms with Gasteiger partial charge in [-0.05, 0) is 25.7 Å². The molecule has 5 nitrogen and oxygen atoms in total. The quantitative estimate of drug-likeness (QED) is 0.754. The molecular weight excluding hydrogens is 260 g/mol. The molecule has 0 aromatic rings. The summed E-state index contributed by atoms with van der Waals surface area (Å²) in [7, 11) is 0. The lowest BCUT2D eigenvalue weighted by atomic mass is 9.93. The van der Waals surface area contributed by atoms with E-state index in [1.165, 1.54) is 6.42 Å². The summed E-state index contributed by atoms with van der Waals surface area (Å²) in [5, 5.41) is 3.08. The monoisotopic (exact) mass is 284 g/mol. The number of nitrogens with one attached hydrogen (secondary N) is 1. The molecule has 2 fully saturated rings. The number of nitrogens with zero attached hydrogens (tertiary/aromatic N) is 2. The summed E-state index contributed by atoms with van der Waals surface area (Å²) in [6.07, 6.45) is 4.44. The fourth-order valence-electron chi connectivity index (χ4n) is 2.69. The molecule has 2 rings (SSSR count). The Balaban J connectivity index is 1.77. The van der Waals surface area contributed by atoms with Crippen LogP contribution in [-0.4, -0.2) is 59.1 Å². The van der Waals surface area contributed by atoms with Gasteiger partial charge in [-0.25, -0.2) is 4.79 Å². The van der Waals surface area contributed by atoms with Crippen molar-refractivity contribution in [1.29, 1.82) is 0 Å². The standard InChI is InChI=1S/C13H24N4OS/c1-2-11(12(14)19)16-6-8-17(9-7-16)13(18)15-10-4-3-5-10/h10-11H,2-9H2,1H3,(H2,14,19)(H,15,18). The first-order valence-electron chi connectivity index (χ1n) is 7.20. The number of hydrogen-bond donors (Lipinski definition) is 2. The molecule has 0 aromatic carbocycles. The third-order valence-electron chi connectivity index (χ3n) is 4.19. The first kappa shape index (κ1) is 14.5. The van der Waals surface area contributed by atoms with E-state index in [0.717, 1.165) is 45.4 Å². The number of piperazine rings is 1. The Morgan fingerprint density at radius 1 is 1.37 bits per heavy atom. The minimum atomic E-state index is 0.0905. The van der Waals surface area contributed by atoms with Gasteiger partial charge in [-0.1, -0.05) is 19.1 Å². The number of urea groups is 1. The van der Waals surface area contributed by atoms with E-state index in [0.29, 0.717) is 11.0 Å². The summed E-state index contributed by atoms with van der Waals surface area (Å²) in [6, 6.07) is 0.671. The zero-order valence-electron chi connectivity index (χ0n) is 11.6. The SMILES string of the molecule is CCC(C(N)=S)N1CCN(C(=O)NC2CCC2)CC1. The fourth-order valence-corrected chi connectivity index (χ4v) is 3.01. The van der Waals surface area contributed by atoms with Crippen LogP contribution in [0.5, 0.6) is 0 Å². The molecule has 0 spiro atoms. The van der Waals surface area contributed by atoms with E-state index in [2.05, 4.69) is 17.1 Å². The molecule has 19 heavy (non-hydrogen) atoms. The highest BCUT2D eigenvalue weighted by atomic mass is 32.1. The summed E-state index contributed by atoms with van der Waals surface area (Å²) >= 11 is 5.10. The van der Waals surface area contributed by atoms with Gasteiger partial charge in [0.1, 0.15) is 0 Å². The second-order valence-corrected chi connectivity index (χ2v) is 5.90. The third-order valence-corrected chi connectivity index (χ3v) is 4.46. The maximum atomic E-state index is 12.0. The first-order valence-corrected chi connectivity index (χ1v) is 7.61. The van der Waals surface area contributed by atoms with Gasteiger partial charge in [0.2, 0.25) is 0 Å². The molecule has 108 valence electrons. The third kappa shape index (κ3) is 3.57. The number of rotatable bonds is 4. The molecule has 1 heterocycles. The van der Waals surface area contributed by atoms with Crippen molar-refractivity contribution in [2.24, 2.45) is 5.73 Å². The number of amides is 2. The maximum absolute atomic E-state index is 12.0. The van der Waals surface area contributed by atoms with Gasteiger partial charge >= 0.3 is 6.03 Å². The van der Waals surface area contributed by atoms with E-state index in [-0.39, 0.29) is 12.1 Å². The minimum Gasteiger partial charge on any atom is -0.392 e. The number of hydrogen-bond acceptors (Lipinski definition) is 3. The van der Waals surface area contributed by atoms with Crippen molar-refractivity contribution in [3.63, 3.8) is 0 Å². The Kier molecular flexibility index (Phi) is 4.99. The van der Waals surface area contributed by atoms with Crippen molar-refractivity contribution >= 4 is 23.2 Å². The van der Waals surface area contributed by atoms with Crippen molar-refractivity contribution in [3.05, 3.63) is 0 Å².